The number of halogens is 1. The highest BCUT2D eigenvalue weighted by atomic mass is 19.1. The number of nitrogens with zero attached hydrogens (tertiary/aromatic N) is 1. The van der Waals surface area contributed by atoms with Gasteiger partial charge in [0.2, 0.25) is 0 Å². The number of benzene rings is 2. The summed E-state index contributed by atoms with van der Waals surface area (Å²) in [6.45, 7) is 3.36. The molecule has 0 aromatic heterocycles. The number of ether oxygens (including phenoxy) is 1. The van der Waals surface area contributed by atoms with Crippen LogP contribution < -0.4 is 10.6 Å². The molecule has 2 rings (SSSR count). The number of carbonyl (C=O) groups excluding carboxylic acids is 1. The van der Waals surface area contributed by atoms with E-state index in [-0.39, 0.29) is 11.8 Å². The molecule has 2 aromatic rings. The summed E-state index contributed by atoms with van der Waals surface area (Å²) in [5.74, 6) is 0.119. The maximum absolute atomic E-state index is 13.2. The minimum Gasteiger partial charge on any atom is -0.462 e. The van der Waals surface area contributed by atoms with Crippen molar-refractivity contribution in [2.75, 3.05) is 20.2 Å². The molecule has 0 heterocycles. The van der Waals surface area contributed by atoms with Crippen molar-refractivity contribution in [2.24, 2.45) is 4.99 Å². The second-order valence-corrected chi connectivity index (χ2v) is 5.65. The van der Waals surface area contributed by atoms with Gasteiger partial charge in [0, 0.05) is 20.1 Å². The summed E-state index contributed by atoms with van der Waals surface area (Å²) in [5.41, 5.74) is 2.49. The quantitative estimate of drug-likeness (QED) is 0.454. The molecule has 0 aliphatic heterocycles. The van der Waals surface area contributed by atoms with Crippen LogP contribution >= 0.6 is 0 Å². The van der Waals surface area contributed by atoms with Crippen LogP contribution in [0.3, 0.4) is 0 Å². The summed E-state index contributed by atoms with van der Waals surface area (Å²) in [6.07, 6.45) is 0.701. The Kier molecular flexibility index (Phi) is 7.61. The first-order valence-electron chi connectivity index (χ1n) is 8.57. The Morgan fingerprint density at radius 3 is 2.54 bits per heavy atom. The first-order chi connectivity index (χ1) is 12.6. The predicted octanol–water partition coefficient (Wildman–Crippen LogP) is 2.91. The maximum Gasteiger partial charge on any atom is 0.338 e. The molecule has 0 amide bonds. The maximum atomic E-state index is 13.2. The van der Waals surface area contributed by atoms with E-state index in [0.29, 0.717) is 37.6 Å². The lowest BCUT2D eigenvalue weighted by atomic mass is 10.1. The van der Waals surface area contributed by atoms with Crippen molar-refractivity contribution in [2.45, 2.75) is 19.9 Å². The number of carbonyl (C=O) groups is 1. The average molecular weight is 357 g/mol. The standard InChI is InChI=1S/C20H24FN3O2/c1-3-26-19(25)17-9-7-16(8-10-17)14-24-20(22-2)23-12-11-15-5-4-6-18(21)13-15/h4-10,13H,3,11-12,14H2,1-2H3,(H2,22,23,24). The Balaban J connectivity index is 1.78. The van der Waals surface area contributed by atoms with E-state index in [2.05, 4.69) is 15.6 Å². The molecule has 138 valence electrons. The van der Waals surface area contributed by atoms with Gasteiger partial charge in [-0.3, -0.25) is 4.99 Å². The molecule has 2 N–H and O–H groups in total. The van der Waals surface area contributed by atoms with Crippen LogP contribution in [0.2, 0.25) is 0 Å². The van der Waals surface area contributed by atoms with Crippen LogP contribution in [-0.4, -0.2) is 32.1 Å². The van der Waals surface area contributed by atoms with Gasteiger partial charge in [-0.15, -0.1) is 0 Å². The third-order valence-electron chi connectivity index (χ3n) is 3.74. The first kappa shape index (κ1) is 19.4. The fraction of sp³-hybridized carbons (Fsp3) is 0.300. The van der Waals surface area contributed by atoms with Crippen LogP contribution in [-0.2, 0) is 17.7 Å². The molecule has 2 aromatic carbocycles. The topological polar surface area (TPSA) is 62.7 Å². The molecule has 6 heteroatoms. The number of hydrogen-bond acceptors (Lipinski definition) is 3. The Bertz CT molecular complexity index is 745. The zero-order valence-corrected chi connectivity index (χ0v) is 15.1. The molecule has 0 bridgehead atoms. The lowest BCUT2D eigenvalue weighted by molar-refractivity contribution is 0.0526. The number of guanidine groups is 1. The van der Waals surface area contributed by atoms with Gasteiger partial charge < -0.3 is 15.4 Å². The average Bonchev–Trinajstić information content (AvgIpc) is 2.65. The van der Waals surface area contributed by atoms with Gasteiger partial charge in [-0.2, -0.15) is 0 Å². The molecule has 0 fully saturated rings. The van der Waals surface area contributed by atoms with E-state index in [4.69, 9.17) is 4.74 Å². The Morgan fingerprint density at radius 2 is 1.88 bits per heavy atom. The monoisotopic (exact) mass is 357 g/mol. The minimum absolute atomic E-state index is 0.226. The van der Waals surface area contributed by atoms with Gasteiger partial charge >= 0.3 is 5.97 Å². The summed E-state index contributed by atoms with van der Waals surface area (Å²) in [4.78, 5) is 15.8. The van der Waals surface area contributed by atoms with Crippen LogP contribution in [0.1, 0.15) is 28.4 Å². The van der Waals surface area contributed by atoms with E-state index >= 15 is 0 Å². The second-order valence-electron chi connectivity index (χ2n) is 5.65. The smallest absolute Gasteiger partial charge is 0.338 e. The van der Waals surface area contributed by atoms with E-state index in [0.717, 1.165) is 11.1 Å². The summed E-state index contributed by atoms with van der Waals surface area (Å²) in [6, 6.07) is 13.8. The zero-order chi connectivity index (χ0) is 18.8. The number of hydrogen-bond donors (Lipinski definition) is 2. The van der Waals surface area contributed by atoms with Gasteiger partial charge in [0.1, 0.15) is 5.82 Å². The molecule has 26 heavy (non-hydrogen) atoms. The minimum atomic E-state index is -0.318. The van der Waals surface area contributed by atoms with E-state index in [1.165, 1.54) is 12.1 Å². The van der Waals surface area contributed by atoms with E-state index in [1.54, 1.807) is 32.2 Å². The van der Waals surface area contributed by atoms with Gasteiger partial charge in [0.25, 0.3) is 0 Å². The van der Waals surface area contributed by atoms with Crippen LogP contribution in [0.4, 0.5) is 4.39 Å². The normalized spacial score (nSPS) is 11.1. The molecule has 0 spiro atoms. The highest BCUT2D eigenvalue weighted by Crippen LogP contribution is 2.06. The fourth-order valence-electron chi connectivity index (χ4n) is 2.40. The van der Waals surface area contributed by atoms with Crippen molar-refractivity contribution in [3.8, 4) is 0 Å². The van der Waals surface area contributed by atoms with Gasteiger partial charge in [0.15, 0.2) is 5.96 Å². The summed E-state index contributed by atoms with van der Waals surface area (Å²) < 4.78 is 18.1. The second kappa shape index (κ2) is 10.2. The molecular formula is C20H24FN3O2. The molecular weight excluding hydrogens is 333 g/mol. The lowest BCUT2D eigenvalue weighted by Crippen LogP contribution is -2.37. The number of rotatable bonds is 7. The van der Waals surface area contributed by atoms with Gasteiger partial charge in [-0.05, 0) is 48.7 Å². The zero-order valence-electron chi connectivity index (χ0n) is 15.1. The van der Waals surface area contributed by atoms with Crippen molar-refractivity contribution in [1.82, 2.24) is 10.6 Å². The van der Waals surface area contributed by atoms with Gasteiger partial charge in [0.05, 0.1) is 12.2 Å². The number of aliphatic imine (C=N–C) groups is 1. The van der Waals surface area contributed by atoms with Crippen molar-refractivity contribution in [3.63, 3.8) is 0 Å². The third kappa shape index (κ3) is 6.20. The largest absolute Gasteiger partial charge is 0.462 e. The number of nitrogens with one attached hydrogen (secondary N) is 2. The molecule has 0 saturated heterocycles. The van der Waals surface area contributed by atoms with Crippen LogP contribution in [0.25, 0.3) is 0 Å². The van der Waals surface area contributed by atoms with Crippen molar-refractivity contribution in [1.29, 1.82) is 0 Å². The third-order valence-corrected chi connectivity index (χ3v) is 3.74. The Hall–Kier alpha value is -2.89. The molecule has 0 atom stereocenters. The summed E-state index contributed by atoms with van der Waals surface area (Å²) in [7, 11) is 1.70. The molecule has 0 radical (unpaired) electrons. The van der Waals surface area contributed by atoms with E-state index < -0.39 is 0 Å². The first-order valence-corrected chi connectivity index (χ1v) is 8.57. The summed E-state index contributed by atoms with van der Waals surface area (Å²) >= 11 is 0. The van der Waals surface area contributed by atoms with Crippen LogP contribution in [0, 0.1) is 5.82 Å². The van der Waals surface area contributed by atoms with E-state index in [9.17, 15) is 9.18 Å². The van der Waals surface area contributed by atoms with Crippen molar-refractivity contribution in [3.05, 3.63) is 71.0 Å². The van der Waals surface area contributed by atoms with Crippen molar-refractivity contribution < 1.29 is 13.9 Å². The lowest BCUT2D eigenvalue weighted by Gasteiger charge is -2.12. The van der Waals surface area contributed by atoms with Gasteiger partial charge in [-0.25, -0.2) is 9.18 Å². The SMILES string of the molecule is CCOC(=O)c1ccc(CNC(=NC)NCCc2cccc(F)c2)cc1. The number of esters is 1. The molecule has 0 aliphatic rings. The van der Waals surface area contributed by atoms with Crippen molar-refractivity contribution >= 4 is 11.9 Å². The van der Waals surface area contributed by atoms with Crippen LogP contribution in [0.5, 0.6) is 0 Å². The molecule has 0 unspecified atom stereocenters. The van der Waals surface area contributed by atoms with E-state index in [1.807, 2.05) is 18.2 Å². The predicted molar refractivity (Wildman–Crippen MR) is 101 cm³/mol. The summed E-state index contributed by atoms with van der Waals surface area (Å²) in [5, 5.41) is 6.40. The Morgan fingerprint density at radius 1 is 1.12 bits per heavy atom. The Labute approximate surface area is 153 Å². The highest BCUT2D eigenvalue weighted by molar-refractivity contribution is 5.89. The van der Waals surface area contributed by atoms with Crippen LogP contribution in [0.15, 0.2) is 53.5 Å². The highest BCUT2D eigenvalue weighted by Gasteiger charge is 2.06. The molecule has 0 saturated carbocycles. The fourth-order valence-corrected chi connectivity index (χ4v) is 2.40. The van der Waals surface area contributed by atoms with Gasteiger partial charge in [-0.1, -0.05) is 24.3 Å². The molecule has 0 aliphatic carbocycles. The molecule has 5 nitrogen and oxygen atoms in total.